The van der Waals surface area contributed by atoms with Crippen LogP contribution in [0.2, 0.25) is 10.0 Å². The Labute approximate surface area is 98.3 Å². The molecule has 15 heavy (non-hydrogen) atoms. The molecule has 0 bridgehead atoms. The van der Waals surface area contributed by atoms with Gasteiger partial charge in [-0.2, -0.15) is 0 Å². The number of ether oxygens (including phenoxy) is 1. The molecule has 0 aliphatic carbocycles. The number of rotatable bonds is 4. The van der Waals surface area contributed by atoms with Gasteiger partial charge in [0.25, 0.3) is 0 Å². The van der Waals surface area contributed by atoms with Gasteiger partial charge in [-0.15, -0.1) is 0 Å². The number of carbonyl (C=O) groups excluding carboxylic acids is 1. The number of Topliss-reactive ketones (excluding diaryl/α,β-unsaturated/α-hetero) is 1. The second-order valence-corrected chi connectivity index (χ2v) is 3.84. The molecule has 0 saturated carbocycles. The molecule has 1 rings (SSSR count). The minimum Gasteiger partial charge on any atom is -0.495 e. The van der Waals surface area contributed by atoms with Gasteiger partial charge in [0.2, 0.25) is 0 Å². The molecule has 3 nitrogen and oxygen atoms in total. The molecule has 0 fully saturated rings. The molecule has 0 radical (unpaired) electrons. The first-order chi connectivity index (χ1) is 7.04. The summed E-state index contributed by atoms with van der Waals surface area (Å²) in [5, 5.41) is 3.80. The molecule has 1 aromatic rings. The van der Waals surface area contributed by atoms with Crippen LogP contribution in [-0.2, 0) is 4.79 Å². The molecule has 0 aliphatic heterocycles. The van der Waals surface area contributed by atoms with Crippen molar-refractivity contribution in [2.75, 3.05) is 19.0 Å². The number of benzene rings is 1. The number of hydrogen-bond acceptors (Lipinski definition) is 3. The minimum atomic E-state index is 0.0259. The summed E-state index contributed by atoms with van der Waals surface area (Å²) in [6.45, 7) is 1.72. The van der Waals surface area contributed by atoms with E-state index in [0.29, 0.717) is 21.5 Å². The SMILES string of the molecule is COc1cc(Cl)c(NCC(C)=O)cc1Cl. The van der Waals surface area contributed by atoms with Gasteiger partial charge in [0.15, 0.2) is 0 Å². The number of methoxy groups -OCH3 is 1. The second-order valence-electron chi connectivity index (χ2n) is 3.02. The predicted octanol–water partition coefficient (Wildman–Crippen LogP) is 3.00. The lowest BCUT2D eigenvalue weighted by Crippen LogP contribution is -2.10. The van der Waals surface area contributed by atoms with Crippen LogP contribution in [0.4, 0.5) is 5.69 Å². The third kappa shape index (κ3) is 3.29. The number of ketones is 1. The molecule has 0 amide bonds. The van der Waals surface area contributed by atoms with E-state index >= 15 is 0 Å². The van der Waals surface area contributed by atoms with Crippen LogP contribution in [-0.4, -0.2) is 19.4 Å². The van der Waals surface area contributed by atoms with Crippen LogP contribution in [0.3, 0.4) is 0 Å². The summed E-state index contributed by atoms with van der Waals surface area (Å²) in [5.41, 5.74) is 0.623. The Morgan fingerprint density at radius 3 is 2.60 bits per heavy atom. The van der Waals surface area contributed by atoms with Gasteiger partial charge >= 0.3 is 0 Å². The molecular formula is C10H11Cl2NO2. The molecule has 82 valence electrons. The highest BCUT2D eigenvalue weighted by atomic mass is 35.5. The monoisotopic (exact) mass is 247 g/mol. The predicted molar refractivity (Wildman–Crippen MR) is 62.2 cm³/mol. The highest BCUT2D eigenvalue weighted by molar-refractivity contribution is 6.36. The Kier molecular flexibility index (Phi) is 4.24. The quantitative estimate of drug-likeness (QED) is 0.890. The van der Waals surface area contributed by atoms with Crippen molar-refractivity contribution >= 4 is 34.7 Å². The average molecular weight is 248 g/mol. The lowest BCUT2D eigenvalue weighted by Gasteiger charge is -2.09. The smallest absolute Gasteiger partial charge is 0.148 e. The standard InChI is InChI=1S/C10H11Cl2NO2/c1-6(14)5-13-9-3-8(12)10(15-2)4-7(9)11/h3-4,13H,5H2,1-2H3. The van der Waals surface area contributed by atoms with Crippen molar-refractivity contribution in [1.82, 2.24) is 0 Å². The van der Waals surface area contributed by atoms with E-state index in [1.807, 2.05) is 0 Å². The maximum absolute atomic E-state index is 10.8. The van der Waals surface area contributed by atoms with Gasteiger partial charge in [0.05, 0.1) is 29.4 Å². The van der Waals surface area contributed by atoms with Gasteiger partial charge in [-0.25, -0.2) is 0 Å². The Hall–Kier alpha value is -0.930. The summed E-state index contributed by atoms with van der Waals surface area (Å²) in [6, 6.07) is 3.23. The molecule has 0 unspecified atom stereocenters. The van der Waals surface area contributed by atoms with Gasteiger partial charge in [-0.1, -0.05) is 23.2 Å². The molecule has 5 heteroatoms. The van der Waals surface area contributed by atoms with Gasteiger partial charge in [0, 0.05) is 6.07 Å². The molecule has 0 heterocycles. The Bertz CT molecular complexity index is 380. The third-order valence-electron chi connectivity index (χ3n) is 1.77. The Morgan fingerprint density at radius 2 is 2.07 bits per heavy atom. The minimum absolute atomic E-state index is 0.0259. The van der Waals surface area contributed by atoms with Crippen LogP contribution >= 0.6 is 23.2 Å². The summed E-state index contributed by atoms with van der Waals surface area (Å²) in [7, 11) is 1.51. The summed E-state index contributed by atoms with van der Waals surface area (Å²) in [6.07, 6.45) is 0. The zero-order chi connectivity index (χ0) is 11.4. The van der Waals surface area contributed by atoms with Crippen molar-refractivity contribution in [2.24, 2.45) is 0 Å². The number of halogens is 2. The van der Waals surface area contributed by atoms with Crippen molar-refractivity contribution in [3.05, 3.63) is 22.2 Å². The fourth-order valence-electron chi connectivity index (χ4n) is 1.04. The van der Waals surface area contributed by atoms with E-state index in [2.05, 4.69) is 5.32 Å². The molecular weight excluding hydrogens is 237 g/mol. The number of carbonyl (C=O) groups is 1. The van der Waals surface area contributed by atoms with Crippen LogP contribution in [0.15, 0.2) is 12.1 Å². The van der Waals surface area contributed by atoms with Crippen molar-refractivity contribution < 1.29 is 9.53 Å². The zero-order valence-corrected chi connectivity index (χ0v) is 9.95. The summed E-state index contributed by atoms with van der Waals surface area (Å²) in [5.74, 6) is 0.535. The summed E-state index contributed by atoms with van der Waals surface area (Å²) >= 11 is 11.9. The van der Waals surface area contributed by atoms with Gasteiger partial charge in [-0.05, 0) is 13.0 Å². The second kappa shape index (κ2) is 5.24. The molecule has 0 atom stereocenters. The molecule has 1 N–H and O–H groups in total. The molecule has 1 aromatic carbocycles. The van der Waals surface area contributed by atoms with E-state index in [0.717, 1.165) is 0 Å². The van der Waals surface area contributed by atoms with Crippen molar-refractivity contribution in [2.45, 2.75) is 6.92 Å². The molecule has 0 spiro atoms. The Morgan fingerprint density at radius 1 is 1.40 bits per heavy atom. The fraction of sp³-hybridized carbons (Fsp3) is 0.300. The highest BCUT2D eigenvalue weighted by Crippen LogP contribution is 2.33. The maximum atomic E-state index is 10.8. The van der Waals surface area contributed by atoms with Crippen LogP contribution < -0.4 is 10.1 Å². The first-order valence-corrected chi connectivity index (χ1v) is 5.06. The van der Waals surface area contributed by atoms with Crippen LogP contribution in [0.5, 0.6) is 5.75 Å². The number of nitrogens with one attached hydrogen (secondary N) is 1. The van der Waals surface area contributed by atoms with Crippen molar-refractivity contribution in [1.29, 1.82) is 0 Å². The summed E-state index contributed by atoms with van der Waals surface area (Å²) < 4.78 is 5.00. The van der Waals surface area contributed by atoms with Crippen molar-refractivity contribution in [3.8, 4) is 5.75 Å². The lowest BCUT2D eigenvalue weighted by atomic mass is 10.3. The lowest BCUT2D eigenvalue weighted by molar-refractivity contribution is -0.115. The average Bonchev–Trinajstić information content (AvgIpc) is 2.18. The highest BCUT2D eigenvalue weighted by Gasteiger charge is 2.07. The molecule has 0 saturated heterocycles. The van der Waals surface area contributed by atoms with Crippen LogP contribution in [0.1, 0.15) is 6.92 Å². The van der Waals surface area contributed by atoms with E-state index in [9.17, 15) is 4.79 Å². The molecule has 0 aliphatic rings. The fourth-order valence-corrected chi connectivity index (χ4v) is 1.50. The number of hydrogen-bond donors (Lipinski definition) is 1. The largest absolute Gasteiger partial charge is 0.495 e. The third-order valence-corrected chi connectivity index (χ3v) is 2.38. The van der Waals surface area contributed by atoms with E-state index < -0.39 is 0 Å². The van der Waals surface area contributed by atoms with Gasteiger partial charge < -0.3 is 10.1 Å². The first kappa shape index (κ1) is 12.1. The normalized spacial score (nSPS) is 9.87. The zero-order valence-electron chi connectivity index (χ0n) is 8.43. The first-order valence-electron chi connectivity index (χ1n) is 4.31. The maximum Gasteiger partial charge on any atom is 0.148 e. The Balaban J connectivity index is 2.90. The van der Waals surface area contributed by atoms with Gasteiger partial charge in [0.1, 0.15) is 11.5 Å². The topological polar surface area (TPSA) is 38.3 Å². The van der Waals surface area contributed by atoms with Gasteiger partial charge in [-0.3, -0.25) is 4.79 Å². The summed E-state index contributed by atoms with van der Waals surface area (Å²) in [4.78, 5) is 10.8. The number of anilines is 1. The van der Waals surface area contributed by atoms with E-state index in [1.165, 1.54) is 14.0 Å². The van der Waals surface area contributed by atoms with Crippen molar-refractivity contribution in [3.63, 3.8) is 0 Å². The van der Waals surface area contributed by atoms with Crippen LogP contribution in [0, 0.1) is 0 Å². The van der Waals surface area contributed by atoms with E-state index in [1.54, 1.807) is 12.1 Å². The van der Waals surface area contributed by atoms with Crippen LogP contribution in [0.25, 0.3) is 0 Å². The van der Waals surface area contributed by atoms with E-state index in [4.69, 9.17) is 27.9 Å². The van der Waals surface area contributed by atoms with E-state index in [-0.39, 0.29) is 12.3 Å². The molecule has 0 aromatic heterocycles.